The summed E-state index contributed by atoms with van der Waals surface area (Å²) in [5.41, 5.74) is 0. The fraction of sp³-hybridized carbons (Fsp3) is 1.00. The summed E-state index contributed by atoms with van der Waals surface area (Å²) in [6.45, 7) is 21.5. The summed E-state index contributed by atoms with van der Waals surface area (Å²) in [5, 5.41) is 0. The number of hydrogen-bond acceptors (Lipinski definition) is 4. The van der Waals surface area contributed by atoms with E-state index in [0.717, 1.165) is 58.5 Å². The molecule has 0 N–H and O–H groups in total. The van der Waals surface area contributed by atoms with E-state index in [1.807, 2.05) is 0 Å². The van der Waals surface area contributed by atoms with Crippen LogP contribution in [0.4, 0.5) is 0 Å². The van der Waals surface area contributed by atoms with Gasteiger partial charge in [0.05, 0.1) is 0 Å². The summed E-state index contributed by atoms with van der Waals surface area (Å²) in [7, 11) is -2.08. The molecule has 0 aliphatic heterocycles. The number of unbranched alkanes of at least 4 members (excludes halogenated alkanes) is 9. The molecular weight excluding hydrogens is 388 g/mol. The highest BCUT2D eigenvalue weighted by Gasteiger charge is 2.31. The van der Waals surface area contributed by atoms with Crippen LogP contribution in [0.2, 0.25) is 12.6 Å². The second-order valence-electron chi connectivity index (χ2n) is 8.82. The highest BCUT2D eigenvalue weighted by atomic mass is 28.4. The van der Waals surface area contributed by atoms with Gasteiger partial charge in [-0.05, 0) is 38.8 Å². The monoisotopic (exact) mass is 444 g/mol. The Morgan fingerprint density at radius 1 is 0.533 bits per heavy atom. The van der Waals surface area contributed by atoms with Gasteiger partial charge in [0, 0.05) is 26.3 Å². The van der Waals surface area contributed by atoms with E-state index in [-0.39, 0.29) is 0 Å². The molecule has 0 fully saturated rings. The molecule has 30 heavy (non-hydrogen) atoms. The SMILES string of the molecule is CCCCCCCCCCCC[Si](C)(OCCN(CC)CC)OCCN(CC)CC. The third-order valence-corrected chi connectivity index (χ3v) is 9.29. The van der Waals surface area contributed by atoms with Gasteiger partial charge in [0.2, 0.25) is 0 Å². The summed E-state index contributed by atoms with van der Waals surface area (Å²) >= 11 is 0. The molecule has 0 aliphatic carbocycles. The van der Waals surface area contributed by atoms with Crippen LogP contribution in [-0.2, 0) is 8.85 Å². The van der Waals surface area contributed by atoms with Crippen molar-refractivity contribution in [2.75, 3.05) is 52.5 Å². The Bertz CT molecular complexity index is 332. The maximum Gasteiger partial charge on any atom is 0.335 e. The van der Waals surface area contributed by atoms with Gasteiger partial charge in [-0.2, -0.15) is 0 Å². The molecule has 0 atom stereocenters. The third kappa shape index (κ3) is 16.7. The Hall–Kier alpha value is 0.0569. The zero-order valence-corrected chi connectivity index (χ0v) is 22.6. The number of nitrogens with zero attached hydrogens (tertiary/aromatic N) is 2. The Kier molecular flexibility index (Phi) is 21.0. The van der Waals surface area contributed by atoms with Crippen molar-refractivity contribution in [3.8, 4) is 0 Å². The third-order valence-electron chi connectivity index (χ3n) is 6.40. The standard InChI is InChI=1S/C25H56N2O2Si/c1-7-12-13-14-15-16-17-18-19-20-25-30(6,28-23-21-26(8-2)9-3)29-24-22-27(10-4)11-5/h7-25H2,1-6H3. The minimum absolute atomic E-state index is 0.813. The molecule has 5 heteroatoms. The van der Waals surface area contributed by atoms with Crippen LogP contribution < -0.4 is 0 Å². The van der Waals surface area contributed by atoms with E-state index in [0.29, 0.717) is 0 Å². The van der Waals surface area contributed by atoms with Crippen LogP contribution in [0.5, 0.6) is 0 Å². The van der Waals surface area contributed by atoms with Crippen molar-refractivity contribution in [1.82, 2.24) is 9.80 Å². The average Bonchev–Trinajstić information content (AvgIpc) is 2.76. The van der Waals surface area contributed by atoms with E-state index in [4.69, 9.17) is 8.85 Å². The highest BCUT2D eigenvalue weighted by molar-refractivity contribution is 6.66. The summed E-state index contributed by atoms with van der Waals surface area (Å²) in [6.07, 6.45) is 13.8. The molecule has 0 saturated heterocycles. The van der Waals surface area contributed by atoms with Crippen molar-refractivity contribution < 1.29 is 8.85 Å². The molecule has 0 amide bonds. The molecule has 0 bridgehead atoms. The Morgan fingerprint density at radius 2 is 0.900 bits per heavy atom. The van der Waals surface area contributed by atoms with Gasteiger partial charge in [0.15, 0.2) is 0 Å². The fourth-order valence-corrected chi connectivity index (χ4v) is 6.29. The molecule has 0 aliphatic rings. The fourth-order valence-electron chi connectivity index (χ4n) is 3.98. The Labute approximate surface area is 191 Å². The van der Waals surface area contributed by atoms with Crippen LogP contribution in [-0.4, -0.2) is 70.8 Å². The Morgan fingerprint density at radius 3 is 1.27 bits per heavy atom. The minimum atomic E-state index is -2.08. The molecule has 0 unspecified atom stereocenters. The number of hydrogen-bond donors (Lipinski definition) is 0. The second-order valence-corrected chi connectivity index (χ2v) is 12.2. The van der Waals surface area contributed by atoms with Gasteiger partial charge >= 0.3 is 8.56 Å². The lowest BCUT2D eigenvalue weighted by atomic mass is 10.1. The van der Waals surface area contributed by atoms with Crippen LogP contribution in [0.1, 0.15) is 98.8 Å². The van der Waals surface area contributed by atoms with Gasteiger partial charge in [-0.25, -0.2) is 0 Å². The van der Waals surface area contributed by atoms with Crippen LogP contribution in [0.25, 0.3) is 0 Å². The van der Waals surface area contributed by atoms with Gasteiger partial charge in [0.25, 0.3) is 0 Å². The van der Waals surface area contributed by atoms with Gasteiger partial charge in [-0.3, -0.25) is 0 Å². The van der Waals surface area contributed by atoms with E-state index >= 15 is 0 Å². The predicted molar refractivity (Wildman–Crippen MR) is 136 cm³/mol. The summed E-state index contributed by atoms with van der Waals surface area (Å²) in [6, 6.07) is 1.14. The van der Waals surface area contributed by atoms with Crippen LogP contribution in [0.3, 0.4) is 0 Å². The van der Waals surface area contributed by atoms with Crippen LogP contribution >= 0.6 is 0 Å². The minimum Gasteiger partial charge on any atom is -0.393 e. The van der Waals surface area contributed by atoms with E-state index in [9.17, 15) is 0 Å². The van der Waals surface area contributed by atoms with E-state index in [2.05, 4.69) is 51.0 Å². The molecular formula is C25H56N2O2Si. The zero-order valence-electron chi connectivity index (χ0n) is 21.6. The molecule has 0 aromatic heterocycles. The predicted octanol–water partition coefficient (Wildman–Crippen LogP) is 6.70. The molecule has 0 aromatic rings. The largest absolute Gasteiger partial charge is 0.393 e. The summed E-state index contributed by atoms with van der Waals surface area (Å²) < 4.78 is 12.9. The first-order valence-corrected chi connectivity index (χ1v) is 15.8. The summed E-state index contributed by atoms with van der Waals surface area (Å²) in [4.78, 5) is 4.87. The van der Waals surface area contributed by atoms with E-state index in [1.54, 1.807) is 0 Å². The molecule has 0 heterocycles. The first kappa shape index (κ1) is 30.1. The van der Waals surface area contributed by atoms with E-state index < -0.39 is 8.56 Å². The lowest BCUT2D eigenvalue weighted by molar-refractivity contribution is 0.134. The smallest absolute Gasteiger partial charge is 0.335 e. The summed E-state index contributed by atoms with van der Waals surface area (Å²) in [5.74, 6) is 0. The van der Waals surface area contributed by atoms with Gasteiger partial charge in [-0.15, -0.1) is 0 Å². The highest BCUT2D eigenvalue weighted by Crippen LogP contribution is 2.20. The molecule has 4 nitrogen and oxygen atoms in total. The number of rotatable bonds is 23. The molecule has 0 aromatic carbocycles. The lowest BCUT2D eigenvalue weighted by Gasteiger charge is -2.30. The topological polar surface area (TPSA) is 24.9 Å². The van der Waals surface area contributed by atoms with Gasteiger partial charge < -0.3 is 18.7 Å². The maximum absolute atomic E-state index is 6.45. The molecule has 0 spiro atoms. The van der Waals surface area contributed by atoms with E-state index in [1.165, 1.54) is 64.2 Å². The van der Waals surface area contributed by atoms with Crippen molar-refractivity contribution in [3.05, 3.63) is 0 Å². The molecule has 0 saturated carbocycles. The van der Waals surface area contributed by atoms with Crippen molar-refractivity contribution in [1.29, 1.82) is 0 Å². The van der Waals surface area contributed by atoms with Crippen molar-refractivity contribution >= 4 is 8.56 Å². The van der Waals surface area contributed by atoms with Crippen molar-refractivity contribution in [3.63, 3.8) is 0 Å². The van der Waals surface area contributed by atoms with Gasteiger partial charge in [-0.1, -0.05) is 98.8 Å². The number of likely N-dealkylation sites (N-methyl/N-ethyl adjacent to an activating group) is 2. The van der Waals surface area contributed by atoms with Crippen molar-refractivity contribution in [2.24, 2.45) is 0 Å². The first-order chi connectivity index (χ1) is 14.5. The molecule has 182 valence electrons. The van der Waals surface area contributed by atoms with Gasteiger partial charge in [0.1, 0.15) is 0 Å². The van der Waals surface area contributed by atoms with Crippen LogP contribution in [0.15, 0.2) is 0 Å². The second kappa shape index (κ2) is 20.9. The quantitative estimate of drug-likeness (QED) is 0.129. The van der Waals surface area contributed by atoms with Crippen LogP contribution in [0, 0.1) is 0 Å². The molecule has 0 rings (SSSR count). The van der Waals surface area contributed by atoms with Crippen molar-refractivity contribution in [2.45, 2.75) is 111 Å². The first-order valence-electron chi connectivity index (χ1n) is 13.3. The normalized spacial score (nSPS) is 12.4. The Balaban J connectivity index is 4.20. The molecule has 0 radical (unpaired) electrons. The lowest BCUT2D eigenvalue weighted by Crippen LogP contribution is -2.43. The maximum atomic E-state index is 6.45. The zero-order chi connectivity index (χ0) is 22.5. The average molecular weight is 445 g/mol.